The third-order valence-electron chi connectivity index (χ3n) is 16.1. The van der Waals surface area contributed by atoms with E-state index in [1.807, 2.05) is 95.2 Å². The highest BCUT2D eigenvalue weighted by molar-refractivity contribution is 5.96. The third kappa shape index (κ3) is 17.4. The quantitative estimate of drug-likeness (QED) is 0.0318. The number of esters is 4. The predicted octanol–water partition coefficient (Wildman–Crippen LogP) is 14.1. The molecule has 0 aromatic heterocycles. The van der Waals surface area contributed by atoms with Gasteiger partial charge in [-0.3, -0.25) is 28.8 Å². The van der Waals surface area contributed by atoms with E-state index in [2.05, 4.69) is 10.6 Å². The first-order valence-corrected chi connectivity index (χ1v) is 28.8. The van der Waals surface area contributed by atoms with E-state index in [1.54, 1.807) is 109 Å². The average molecular weight is 1140 g/mol. The molecular weight excluding hydrogens is 1060 g/mol. The summed E-state index contributed by atoms with van der Waals surface area (Å²) in [6.07, 6.45) is 5.35. The molecule has 2 amide bonds. The number of carbonyl (C=O) groups excluding carboxylic acids is 6. The van der Waals surface area contributed by atoms with Crippen molar-refractivity contribution >= 4 is 68.6 Å². The molecule has 6 aromatic rings. The second-order valence-electron chi connectivity index (χ2n) is 22.8. The van der Waals surface area contributed by atoms with Gasteiger partial charge in [-0.15, -0.1) is 0 Å². The number of anilines is 2. The topological polar surface area (TPSA) is 244 Å². The predicted molar refractivity (Wildman–Crippen MR) is 322 cm³/mol. The van der Waals surface area contributed by atoms with E-state index >= 15 is 0 Å². The fourth-order valence-corrected chi connectivity index (χ4v) is 8.95. The maximum absolute atomic E-state index is 12.1. The Morgan fingerprint density at radius 2 is 1.00 bits per heavy atom. The smallest absolute Gasteiger partial charge is 0.316 e. The number of fused-ring (bicyclic) bond motifs is 3. The van der Waals surface area contributed by atoms with E-state index in [9.17, 15) is 39.0 Å². The minimum atomic E-state index is -0.515. The number of carbonyl (C=O) groups is 6. The lowest BCUT2D eigenvalue weighted by Crippen LogP contribution is -2.37. The van der Waals surface area contributed by atoms with Crippen LogP contribution in [0.15, 0.2) is 121 Å². The standard InChI is InChI=1S/C16H18O3.C15H16O3.C13H18O4.C12H17NO2.C11H15NO2/c1-4-16(2,3)15(18)19-14-10-6-7-11-12(14)8-5-9-13(11)17;1-3-10(2)15(17)18-14-9-5-6-11-12(14)7-4-8-13(11)16;1-3-6(2)12(14)16-10-7-4-8-9(5-7)13(15)17-11(8)10;1-4-12(2,3)11(15)13-9-5-7-10(14)8-6-9;1-3-8(2)11(14)12-9-4-6-10(13)7-5-9/h5-10,17H,4H2,1-3H3;4-10,16H,3H2,1-2H3;6-11H,3-5H2,1-2H3;5-8,14H,4H2,1-3H3,(H,13,15);4-8,13H,3H2,1-2H3,(H,12,14). The molecule has 8 atom stereocenters. The zero-order chi connectivity index (χ0) is 61.3. The van der Waals surface area contributed by atoms with Gasteiger partial charge in [0.25, 0.3) is 0 Å². The number of hydrogen-bond acceptors (Lipinski definition) is 14. The molecule has 6 N–H and O–H groups in total. The lowest BCUT2D eigenvalue weighted by atomic mass is 9.88. The molecule has 16 heteroatoms. The molecule has 3 fully saturated rings. The second-order valence-corrected chi connectivity index (χ2v) is 22.8. The maximum atomic E-state index is 12.1. The number of hydrogen-bond donors (Lipinski definition) is 6. The highest BCUT2D eigenvalue weighted by atomic mass is 16.6. The van der Waals surface area contributed by atoms with Crippen LogP contribution in [0.5, 0.6) is 34.5 Å². The van der Waals surface area contributed by atoms with Crippen molar-refractivity contribution in [2.24, 2.45) is 46.3 Å². The number of aromatic hydroxyl groups is 4. The average Bonchev–Trinajstić information content (AvgIpc) is 3.53. The normalized spacial score (nSPS) is 18.3. The van der Waals surface area contributed by atoms with Gasteiger partial charge in [-0.25, -0.2) is 0 Å². The summed E-state index contributed by atoms with van der Waals surface area (Å²) in [5.74, 6) is 1.59. The third-order valence-corrected chi connectivity index (χ3v) is 16.1. The van der Waals surface area contributed by atoms with E-state index in [4.69, 9.17) is 29.2 Å². The van der Waals surface area contributed by atoms with Crippen molar-refractivity contribution in [2.45, 2.75) is 140 Å². The van der Waals surface area contributed by atoms with Gasteiger partial charge in [0.2, 0.25) is 11.8 Å². The van der Waals surface area contributed by atoms with Crippen LogP contribution in [0.3, 0.4) is 0 Å². The Labute approximate surface area is 487 Å². The van der Waals surface area contributed by atoms with Crippen LogP contribution in [-0.4, -0.2) is 68.3 Å². The molecule has 9 rings (SSSR count). The molecule has 1 heterocycles. The molecule has 446 valence electrons. The summed E-state index contributed by atoms with van der Waals surface area (Å²) in [5.41, 5.74) is 0.545. The SMILES string of the molecule is CCC(C)(C)C(=O)Nc1ccc(O)cc1.CCC(C)(C)C(=O)Oc1cccc2c(O)cccc12.CCC(C)C(=O)Nc1ccc(O)cc1.CCC(C)C(=O)OC1C2CC3C(=O)OC1C3C2.CCC(C)C(=O)Oc1cccc2c(O)cccc12. The van der Waals surface area contributed by atoms with Crippen LogP contribution in [0.2, 0.25) is 0 Å². The monoisotopic (exact) mass is 1140 g/mol. The van der Waals surface area contributed by atoms with E-state index in [1.165, 1.54) is 0 Å². The Kier molecular flexibility index (Phi) is 23.5. The first kappa shape index (κ1) is 65.7. The number of nitrogens with one attached hydrogen (secondary N) is 2. The summed E-state index contributed by atoms with van der Waals surface area (Å²) in [7, 11) is 0. The molecule has 1 aliphatic heterocycles. The molecule has 0 radical (unpaired) electrons. The van der Waals surface area contributed by atoms with E-state index in [0.29, 0.717) is 51.9 Å². The van der Waals surface area contributed by atoms with Gasteiger partial charge in [-0.1, -0.05) is 118 Å². The first-order chi connectivity index (χ1) is 39.3. The number of phenols is 4. The van der Waals surface area contributed by atoms with Crippen LogP contribution in [0, 0.1) is 46.3 Å². The van der Waals surface area contributed by atoms with Crippen LogP contribution < -0.4 is 20.1 Å². The number of benzene rings is 6. The second kappa shape index (κ2) is 29.7. The van der Waals surface area contributed by atoms with Crippen molar-refractivity contribution in [3.8, 4) is 34.5 Å². The highest BCUT2D eigenvalue weighted by Gasteiger charge is 2.63. The van der Waals surface area contributed by atoms with E-state index < -0.39 is 5.41 Å². The van der Waals surface area contributed by atoms with Gasteiger partial charge in [0.05, 0.1) is 23.2 Å². The summed E-state index contributed by atoms with van der Waals surface area (Å²) in [4.78, 5) is 70.5. The van der Waals surface area contributed by atoms with Crippen molar-refractivity contribution in [1.82, 2.24) is 0 Å². The summed E-state index contributed by atoms with van der Waals surface area (Å²) >= 11 is 0. The zero-order valence-corrected chi connectivity index (χ0v) is 50.0. The summed E-state index contributed by atoms with van der Waals surface area (Å²) in [5, 5.41) is 46.1. The molecule has 1 saturated heterocycles. The Bertz CT molecular complexity index is 3170. The van der Waals surface area contributed by atoms with Crippen molar-refractivity contribution in [3.05, 3.63) is 121 Å². The number of ether oxygens (including phenoxy) is 4. The van der Waals surface area contributed by atoms with Gasteiger partial charge >= 0.3 is 23.9 Å². The molecule has 2 aliphatic carbocycles. The molecule has 3 aliphatic rings. The van der Waals surface area contributed by atoms with E-state index in [-0.39, 0.29) is 100.0 Å². The number of amides is 2. The Balaban J connectivity index is 0.000000191. The molecule has 2 saturated carbocycles. The lowest BCUT2D eigenvalue weighted by molar-refractivity contribution is -0.165. The maximum Gasteiger partial charge on any atom is 0.316 e. The molecular formula is C67H84N2O14. The summed E-state index contributed by atoms with van der Waals surface area (Å²) < 4.78 is 21.8. The van der Waals surface area contributed by atoms with E-state index in [0.717, 1.165) is 49.3 Å². The molecule has 16 nitrogen and oxygen atoms in total. The fourth-order valence-electron chi connectivity index (χ4n) is 8.95. The van der Waals surface area contributed by atoms with Gasteiger partial charge < -0.3 is 50.0 Å². The molecule has 2 bridgehead atoms. The van der Waals surface area contributed by atoms with Crippen LogP contribution >= 0.6 is 0 Å². The minimum absolute atomic E-state index is 0.00399. The van der Waals surface area contributed by atoms with Gasteiger partial charge in [0.1, 0.15) is 46.7 Å². The van der Waals surface area contributed by atoms with Crippen molar-refractivity contribution in [2.75, 3.05) is 10.6 Å². The lowest BCUT2D eigenvalue weighted by Gasteiger charge is -2.26. The Morgan fingerprint density at radius 3 is 1.48 bits per heavy atom. The number of phenolic OH excluding ortho intramolecular Hbond substituents is 4. The Hall–Kier alpha value is -8.14. The number of rotatable bonds is 15. The van der Waals surface area contributed by atoms with Gasteiger partial charge in [-0.05, 0) is 132 Å². The van der Waals surface area contributed by atoms with Crippen molar-refractivity contribution < 1.29 is 68.1 Å². The fraction of sp³-hybridized carbons (Fsp3) is 0.433. The van der Waals surface area contributed by atoms with Gasteiger partial charge in [0.15, 0.2) is 0 Å². The molecule has 8 unspecified atom stereocenters. The van der Waals surface area contributed by atoms with Crippen LogP contribution in [0.1, 0.15) is 128 Å². The van der Waals surface area contributed by atoms with Gasteiger partial charge in [-0.2, -0.15) is 0 Å². The largest absolute Gasteiger partial charge is 0.508 e. The minimum Gasteiger partial charge on any atom is -0.508 e. The highest BCUT2D eigenvalue weighted by Crippen LogP contribution is 2.55. The van der Waals surface area contributed by atoms with Crippen LogP contribution in [-0.2, 0) is 38.2 Å². The van der Waals surface area contributed by atoms with Crippen LogP contribution in [0.25, 0.3) is 21.5 Å². The molecule has 6 aromatic carbocycles. The van der Waals surface area contributed by atoms with Crippen molar-refractivity contribution in [1.29, 1.82) is 0 Å². The molecule has 0 spiro atoms. The summed E-state index contributed by atoms with van der Waals surface area (Å²) in [6.45, 7) is 23.0. The van der Waals surface area contributed by atoms with Gasteiger partial charge in [0, 0.05) is 56.1 Å². The Morgan fingerprint density at radius 1 is 0.554 bits per heavy atom. The van der Waals surface area contributed by atoms with Crippen molar-refractivity contribution in [3.63, 3.8) is 0 Å². The van der Waals surface area contributed by atoms with Crippen LogP contribution in [0.4, 0.5) is 11.4 Å². The molecule has 83 heavy (non-hydrogen) atoms. The zero-order valence-electron chi connectivity index (χ0n) is 50.0. The summed E-state index contributed by atoms with van der Waals surface area (Å²) in [6, 6.07) is 33.9. The first-order valence-electron chi connectivity index (χ1n) is 28.8.